The van der Waals surface area contributed by atoms with E-state index in [9.17, 15) is 9.59 Å². The molecule has 15 heavy (non-hydrogen) atoms. The van der Waals surface area contributed by atoms with Gasteiger partial charge in [-0.25, -0.2) is 0 Å². The molecule has 86 valence electrons. The zero-order valence-corrected chi connectivity index (χ0v) is 9.84. The number of ether oxygens (including phenoxy) is 2. The quantitative estimate of drug-likeness (QED) is 0.682. The average molecular weight is 232 g/mol. The molecule has 0 N–H and O–H groups in total. The van der Waals surface area contributed by atoms with Crippen LogP contribution in [0.15, 0.2) is 0 Å². The second kappa shape index (κ2) is 6.00. The summed E-state index contributed by atoms with van der Waals surface area (Å²) in [6.07, 6.45) is 0.701. The Morgan fingerprint density at radius 1 is 1.20 bits per heavy atom. The predicted octanol–water partition coefficient (Wildman–Crippen LogP) is 1.23. The molecule has 0 saturated carbocycles. The van der Waals surface area contributed by atoms with E-state index in [2.05, 4.69) is 0 Å². The molecule has 0 aliphatic carbocycles. The summed E-state index contributed by atoms with van der Waals surface area (Å²) in [6, 6.07) is 0. The van der Waals surface area contributed by atoms with Gasteiger partial charge in [-0.05, 0) is 26.0 Å². The predicted molar refractivity (Wildman–Crippen MR) is 57.6 cm³/mol. The van der Waals surface area contributed by atoms with E-state index in [4.69, 9.17) is 9.47 Å². The van der Waals surface area contributed by atoms with Crippen molar-refractivity contribution in [2.24, 2.45) is 5.92 Å². The van der Waals surface area contributed by atoms with Crippen LogP contribution in [0.25, 0.3) is 0 Å². The van der Waals surface area contributed by atoms with Crippen molar-refractivity contribution < 1.29 is 19.1 Å². The first-order valence-electron chi connectivity index (χ1n) is 5.15. The molecule has 1 aliphatic rings. The van der Waals surface area contributed by atoms with Crippen LogP contribution in [0.3, 0.4) is 0 Å². The molecule has 1 aliphatic heterocycles. The van der Waals surface area contributed by atoms with Crippen molar-refractivity contribution in [1.29, 1.82) is 0 Å². The topological polar surface area (TPSA) is 52.6 Å². The molecule has 2 unspecified atom stereocenters. The molecular formula is C10H16O4S. The average Bonchev–Trinajstić information content (AvgIpc) is 2.66. The van der Waals surface area contributed by atoms with Crippen LogP contribution in [0, 0.1) is 5.92 Å². The summed E-state index contributed by atoms with van der Waals surface area (Å²) < 4.78 is 9.84. The summed E-state index contributed by atoms with van der Waals surface area (Å²) in [4.78, 5) is 23.0. The van der Waals surface area contributed by atoms with Crippen molar-refractivity contribution in [2.45, 2.75) is 25.5 Å². The standard InChI is InChI=1S/C10H16O4S/c1-3-13-9(11)7-5-6-15-8(7)10(12)14-4-2/h7-8H,3-6H2,1-2H3. The number of rotatable bonds is 4. The Morgan fingerprint density at radius 3 is 2.40 bits per heavy atom. The summed E-state index contributed by atoms with van der Waals surface area (Å²) in [5.41, 5.74) is 0. The Balaban J connectivity index is 2.56. The van der Waals surface area contributed by atoms with Crippen LogP contribution in [0.4, 0.5) is 0 Å². The fraction of sp³-hybridized carbons (Fsp3) is 0.800. The van der Waals surface area contributed by atoms with Gasteiger partial charge in [-0.1, -0.05) is 0 Å². The van der Waals surface area contributed by atoms with Gasteiger partial charge in [0, 0.05) is 0 Å². The molecule has 0 aromatic rings. The highest BCUT2D eigenvalue weighted by atomic mass is 32.2. The second-order valence-corrected chi connectivity index (χ2v) is 4.44. The molecule has 1 fully saturated rings. The normalized spacial score (nSPS) is 24.9. The molecule has 0 aromatic carbocycles. The van der Waals surface area contributed by atoms with Gasteiger partial charge in [0.1, 0.15) is 5.25 Å². The molecule has 0 aromatic heterocycles. The van der Waals surface area contributed by atoms with Crippen molar-refractivity contribution in [3.05, 3.63) is 0 Å². The summed E-state index contributed by atoms with van der Waals surface area (Å²) in [5, 5.41) is -0.371. The number of hydrogen-bond acceptors (Lipinski definition) is 5. The van der Waals surface area contributed by atoms with Crippen LogP contribution in [-0.2, 0) is 19.1 Å². The SMILES string of the molecule is CCOC(=O)C1CCSC1C(=O)OCC. The van der Waals surface area contributed by atoms with Crippen LogP contribution in [0.2, 0.25) is 0 Å². The zero-order chi connectivity index (χ0) is 11.3. The molecule has 2 atom stereocenters. The van der Waals surface area contributed by atoms with Crippen molar-refractivity contribution in [1.82, 2.24) is 0 Å². The van der Waals surface area contributed by atoms with E-state index >= 15 is 0 Å². The lowest BCUT2D eigenvalue weighted by molar-refractivity contribution is -0.153. The Labute approximate surface area is 93.7 Å². The minimum atomic E-state index is -0.371. The van der Waals surface area contributed by atoms with Crippen LogP contribution >= 0.6 is 11.8 Å². The van der Waals surface area contributed by atoms with Gasteiger partial charge in [-0.2, -0.15) is 0 Å². The third kappa shape index (κ3) is 3.12. The fourth-order valence-electron chi connectivity index (χ4n) is 1.54. The Kier molecular flexibility index (Phi) is 4.94. The minimum Gasteiger partial charge on any atom is -0.466 e. The number of hydrogen-bond donors (Lipinski definition) is 0. The van der Waals surface area contributed by atoms with Gasteiger partial charge in [-0.15, -0.1) is 11.8 Å². The summed E-state index contributed by atoms with van der Waals surface area (Å²) in [5.74, 6) is -0.0833. The highest BCUT2D eigenvalue weighted by molar-refractivity contribution is 8.00. The first-order chi connectivity index (χ1) is 7.20. The lowest BCUT2D eigenvalue weighted by atomic mass is 10.0. The smallest absolute Gasteiger partial charge is 0.319 e. The van der Waals surface area contributed by atoms with Crippen molar-refractivity contribution >= 4 is 23.7 Å². The number of carbonyl (C=O) groups is 2. The second-order valence-electron chi connectivity index (χ2n) is 3.19. The molecular weight excluding hydrogens is 216 g/mol. The van der Waals surface area contributed by atoms with Crippen LogP contribution in [0.5, 0.6) is 0 Å². The monoisotopic (exact) mass is 232 g/mol. The lowest BCUT2D eigenvalue weighted by Gasteiger charge is -2.15. The Hall–Kier alpha value is -0.710. The maximum absolute atomic E-state index is 11.5. The molecule has 4 nitrogen and oxygen atoms in total. The highest BCUT2D eigenvalue weighted by Crippen LogP contribution is 2.34. The maximum atomic E-state index is 11.5. The molecule has 0 bridgehead atoms. The van der Waals surface area contributed by atoms with Gasteiger partial charge >= 0.3 is 11.9 Å². The molecule has 1 heterocycles. The van der Waals surface area contributed by atoms with E-state index in [1.807, 2.05) is 0 Å². The van der Waals surface area contributed by atoms with Gasteiger partial charge in [-0.3, -0.25) is 9.59 Å². The van der Waals surface area contributed by atoms with Crippen LogP contribution in [-0.4, -0.2) is 36.2 Å². The van der Waals surface area contributed by atoms with Gasteiger partial charge in [0.2, 0.25) is 0 Å². The molecule has 5 heteroatoms. The third-order valence-electron chi connectivity index (χ3n) is 2.20. The van der Waals surface area contributed by atoms with Crippen molar-refractivity contribution in [3.8, 4) is 0 Å². The molecule has 0 spiro atoms. The first-order valence-corrected chi connectivity index (χ1v) is 6.20. The summed E-state index contributed by atoms with van der Waals surface area (Å²) in [6.45, 7) is 4.23. The van der Waals surface area contributed by atoms with E-state index in [0.717, 1.165) is 5.75 Å². The maximum Gasteiger partial charge on any atom is 0.319 e. The summed E-state index contributed by atoms with van der Waals surface area (Å²) in [7, 11) is 0. The van der Waals surface area contributed by atoms with Gasteiger partial charge in [0.15, 0.2) is 0 Å². The largest absolute Gasteiger partial charge is 0.466 e. The van der Waals surface area contributed by atoms with E-state index in [0.29, 0.717) is 19.6 Å². The molecule has 1 saturated heterocycles. The van der Waals surface area contributed by atoms with Crippen molar-refractivity contribution in [3.63, 3.8) is 0 Å². The van der Waals surface area contributed by atoms with Gasteiger partial charge < -0.3 is 9.47 Å². The molecule has 0 amide bonds. The Bertz CT molecular complexity index is 218. The summed E-state index contributed by atoms with van der Waals surface area (Å²) >= 11 is 1.48. The van der Waals surface area contributed by atoms with E-state index < -0.39 is 0 Å². The van der Waals surface area contributed by atoms with Crippen LogP contribution < -0.4 is 0 Å². The Morgan fingerprint density at radius 2 is 1.80 bits per heavy atom. The minimum absolute atomic E-state index is 0.277. The lowest BCUT2D eigenvalue weighted by Crippen LogP contribution is -2.31. The first kappa shape index (κ1) is 12.4. The van der Waals surface area contributed by atoms with E-state index in [-0.39, 0.29) is 23.1 Å². The number of carbonyl (C=O) groups excluding carboxylic acids is 2. The number of thioether (sulfide) groups is 1. The number of esters is 2. The van der Waals surface area contributed by atoms with E-state index in [1.165, 1.54) is 11.8 Å². The van der Waals surface area contributed by atoms with Gasteiger partial charge in [0.05, 0.1) is 19.1 Å². The van der Waals surface area contributed by atoms with Gasteiger partial charge in [0.25, 0.3) is 0 Å². The zero-order valence-electron chi connectivity index (χ0n) is 9.02. The fourth-order valence-corrected chi connectivity index (χ4v) is 2.86. The van der Waals surface area contributed by atoms with E-state index in [1.54, 1.807) is 13.8 Å². The highest BCUT2D eigenvalue weighted by Gasteiger charge is 2.40. The van der Waals surface area contributed by atoms with Crippen molar-refractivity contribution in [2.75, 3.05) is 19.0 Å². The molecule has 0 radical (unpaired) electrons. The third-order valence-corrected chi connectivity index (χ3v) is 3.55. The van der Waals surface area contributed by atoms with Crippen LogP contribution in [0.1, 0.15) is 20.3 Å². The molecule has 1 rings (SSSR count).